The van der Waals surface area contributed by atoms with Crippen molar-refractivity contribution in [3.8, 4) is 0 Å². The van der Waals surface area contributed by atoms with Crippen LogP contribution in [0.2, 0.25) is 0 Å². The average molecular weight is 262 g/mol. The summed E-state index contributed by atoms with van der Waals surface area (Å²) in [6.07, 6.45) is -0.335. The molecule has 0 aromatic carbocycles. The maximum Gasteiger partial charge on any atom is 0.323 e. The van der Waals surface area contributed by atoms with Crippen LogP contribution in [0.1, 0.15) is 12.8 Å². The third-order valence-electron chi connectivity index (χ3n) is 2.91. The highest BCUT2D eigenvalue weighted by atomic mass is 16.4. The van der Waals surface area contributed by atoms with E-state index in [4.69, 9.17) is 20.4 Å². The van der Waals surface area contributed by atoms with Gasteiger partial charge in [-0.15, -0.1) is 0 Å². The third-order valence-corrected chi connectivity index (χ3v) is 2.91. The SMILES string of the molecule is O=C(O)C1NCCC1O.O=C(O)C1NCCC1O. The lowest BCUT2D eigenvalue weighted by Gasteiger charge is -2.06. The van der Waals surface area contributed by atoms with E-state index in [0.717, 1.165) is 0 Å². The molecule has 0 radical (unpaired) electrons. The van der Waals surface area contributed by atoms with Gasteiger partial charge >= 0.3 is 11.9 Å². The minimum atomic E-state index is -0.972. The van der Waals surface area contributed by atoms with Gasteiger partial charge in [0.05, 0.1) is 12.2 Å². The quantitative estimate of drug-likeness (QED) is 0.323. The number of hydrogen-bond donors (Lipinski definition) is 6. The molecular formula is C10H18N2O6. The summed E-state index contributed by atoms with van der Waals surface area (Å²) in [4.78, 5) is 20.4. The Hall–Kier alpha value is -1.22. The Morgan fingerprint density at radius 2 is 1.17 bits per heavy atom. The Labute approximate surface area is 104 Å². The molecule has 104 valence electrons. The van der Waals surface area contributed by atoms with Crippen LogP contribution in [0.25, 0.3) is 0 Å². The molecule has 2 heterocycles. The molecule has 8 nitrogen and oxygen atoms in total. The highest BCUT2D eigenvalue weighted by molar-refractivity contribution is 5.75. The fraction of sp³-hybridized carbons (Fsp3) is 0.800. The van der Waals surface area contributed by atoms with Crippen LogP contribution in [0.5, 0.6) is 0 Å². The molecule has 2 fully saturated rings. The van der Waals surface area contributed by atoms with Crippen molar-refractivity contribution in [1.82, 2.24) is 10.6 Å². The Bertz CT molecular complexity index is 281. The van der Waals surface area contributed by atoms with Gasteiger partial charge in [-0.25, -0.2) is 0 Å². The number of aliphatic carboxylic acids is 2. The van der Waals surface area contributed by atoms with Crippen molar-refractivity contribution >= 4 is 11.9 Å². The summed E-state index contributed by atoms with van der Waals surface area (Å²) in [7, 11) is 0. The second-order valence-electron chi connectivity index (χ2n) is 4.25. The summed E-state index contributed by atoms with van der Waals surface area (Å²) >= 11 is 0. The van der Waals surface area contributed by atoms with Crippen LogP contribution in [0.4, 0.5) is 0 Å². The Morgan fingerprint density at radius 1 is 0.833 bits per heavy atom. The summed E-state index contributed by atoms with van der Waals surface area (Å²) in [5.41, 5.74) is 0. The van der Waals surface area contributed by atoms with E-state index in [1.807, 2.05) is 0 Å². The van der Waals surface area contributed by atoms with Crippen LogP contribution >= 0.6 is 0 Å². The van der Waals surface area contributed by atoms with Gasteiger partial charge in [-0.3, -0.25) is 9.59 Å². The number of nitrogens with one attached hydrogen (secondary N) is 2. The van der Waals surface area contributed by atoms with Crippen LogP contribution < -0.4 is 10.6 Å². The van der Waals surface area contributed by atoms with E-state index in [1.165, 1.54) is 0 Å². The normalized spacial score (nSPS) is 34.8. The molecule has 2 aliphatic heterocycles. The van der Waals surface area contributed by atoms with Crippen molar-refractivity contribution in [3.05, 3.63) is 0 Å². The molecule has 4 unspecified atom stereocenters. The minimum absolute atomic E-state index is 0.539. The van der Waals surface area contributed by atoms with Crippen molar-refractivity contribution in [2.45, 2.75) is 37.1 Å². The average Bonchev–Trinajstić information content (AvgIpc) is 2.87. The molecule has 4 atom stereocenters. The van der Waals surface area contributed by atoms with Gasteiger partial charge in [0.15, 0.2) is 0 Å². The number of carboxylic acid groups (broad SMARTS) is 2. The van der Waals surface area contributed by atoms with Crippen molar-refractivity contribution < 1.29 is 30.0 Å². The van der Waals surface area contributed by atoms with E-state index in [9.17, 15) is 9.59 Å². The summed E-state index contributed by atoms with van der Waals surface area (Å²) in [5.74, 6) is -1.94. The first-order chi connectivity index (χ1) is 8.43. The lowest BCUT2D eigenvalue weighted by molar-refractivity contribution is -0.142. The Morgan fingerprint density at radius 3 is 1.28 bits per heavy atom. The van der Waals surface area contributed by atoms with Crippen molar-refractivity contribution in [2.75, 3.05) is 13.1 Å². The van der Waals surface area contributed by atoms with Gasteiger partial charge in [0.1, 0.15) is 12.1 Å². The predicted molar refractivity (Wildman–Crippen MR) is 60.1 cm³/mol. The number of rotatable bonds is 2. The topological polar surface area (TPSA) is 139 Å². The summed E-state index contributed by atoms with van der Waals surface area (Å²) in [6.45, 7) is 1.19. The van der Waals surface area contributed by atoms with Gasteiger partial charge < -0.3 is 31.1 Å². The van der Waals surface area contributed by atoms with Crippen LogP contribution in [0.3, 0.4) is 0 Å². The molecule has 18 heavy (non-hydrogen) atoms. The second kappa shape index (κ2) is 6.64. The molecule has 2 rings (SSSR count). The molecular weight excluding hydrogens is 244 g/mol. The minimum Gasteiger partial charge on any atom is -0.480 e. The molecule has 8 heteroatoms. The fourth-order valence-corrected chi connectivity index (χ4v) is 1.88. The Balaban J connectivity index is 0.000000180. The molecule has 2 saturated heterocycles. The molecule has 2 aliphatic rings. The van der Waals surface area contributed by atoms with Crippen molar-refractivity contribution in [2.24, 2.45) is 0 Å². The molecule has 0 saturated carbocycles. The Kier molecular flexibility index (Phi) is 5.48. The third kappa shape index (κ3) is 3.91. The monoisotopic (exact) mass is 262 g/mol. The van der Waals surface area contributed by atoms with E-state index in [2.05, 4.69) is 10.6 Å². The van der Waals surface area contributed by atoms with Crippen molar-refractivity contribution in [1.29, 1.82) is 0 Å². The zero-order valence-electron chi connectivity index (χ0n) is 9.74. The predicted octanol–water partition coefficient (Wildman–Crippen LogP) is -2.41. The zero-order valence-corrected chi connectivity index (χ0v) is 9.74. The van der Waals surface area contributed by atoms with E-state index in [0.29, 0.717) is 25.9 Å². The first-order valence-corrected chi connectivity index (χ1v) is 5.72. The molecule has 0 aromatic rings. The van der Waals surface area contributed by atoms with Crippen LogP contribution in [-0.4, -0.2) is 69.7 Å². The highest BCUT2D eigenvalue weighted by Crippen LogP contribution is 2.06. The van der Waals surface area contributed by atoms with Crippen molar-refractivity contribution in [3.63, 3.8) is 0 Å². The first-order valence-electron chi connectivity index (χ1n) is 5.72. The number of carboxylic acids is 2. The standard InChI is InChI=1S/2C5H9NO3/c2*7-3-1-2-6-4(3)5(8)9/h2*3-4,6-7H,1-2H2,(H,8,9). The lowest BCUT2D eigenvalue weighted by Crippen LogP contribution is -2.38. The molecule has 6 N–H and O–H groups in total. The number of aliphatic hydroxyl groups excluding tert-OH is 2. The maximum atomic E-state index is 10.2. The van der Waals surface area contributed by atoms with Gasteiger partial charge in [0.25, 0.3) is 0 Å². The molecule has 0 bridgehead atoms. The van der Waals surface area contributed by atoms with E-state index >= 15 is 0 Å². The highest BCUT2D eigenvalue weighted by Gasteiger charge is 2.31. The van der Waals surface area contributed by atoms with Gasteiger partial charge in [0, 0.05) is 0 Å². The largest absolute Gasteiger partial charge is 0.480 e. The smallest absolute Gasteiger partial charge is 0.323 e. The summed E-state index contributed by atoms with van der Waals surface area (Å²) in [6, 6.07) is -1.49. The van der Waals surface area contributed by atoms with Crippen LogP contribution in [0, 0.1) is 0 Å². The van der Waals surface area contributed by atoms with Gasteiger partial charge in [-0.1, -0.05) is 0 Å². The fourth-order valence-electron chi connectivity index (χ4n) is 1.88. The van der Waals surface area contributed by atoms with E-state index < -0.39 is 36.2 Å². The van der Waals surface area contributed by atoms with Gasteiger partial charge in [-0.2, -0.15) is 0 Å². The molecule has 0 amide bonds. The number of carbonyl (C=O) groups is 2. The van der Waals surface area contributed by atoms with E-state index in [-0.39, 0.29) is 0 Å². The number of aliphatic hydroxyl groups is 2. The van der Waals surface area contributed by atoms with Gasteiger partial charge in [-0.05, 0) is 25.9 Å². The van der Waals surface area contributed by atoms with Crippen LogP contribution in [0.15, 0.2) is 0 Å². The van der Waals surface area contributed by atoms with Crippen LogP contribution in [-0.2, 0) is 9.59 Å². The number of hydrogen-bond acceptors (Lipinski definition) is 6. The molecule has 0 spiro atoms. The zero-order chi connectivity index (χ0) is 13.7. The maximum absolute atomic E-state index is 10.2. The summed E-state index contributed by atoms with van der Waals surface area (Å²) < 4.78 is 0. The summed E-state index contributed by atoms with van der Waals surface area (Å²) in [5, 5.41) is 39.9. The molecule has 0 aliphatic carbocycles. The molecule has 0 aromatic heterocycles. The lowest BCUT2D eigenvalue weighted by atomic mass is 10.2. The second-order valence-corrected chi connectivity index (χ2v) is 4.25. The van der Waals surface area contributed by atoms with E-state index in [1.54, 1.807) is 0 Å². The first kappa shape index (κ1) is 14.8. The van der Waals surface area contributed by atoms with Gasteiger partial charge in [0.2, 0.25) is 0 Å².